The molecule has 0 aromatic heterocycles. The number of hydrogen-bond donors (Lipinski definition) is 1. The minimum atomic E-state index is -0.0627. The van der Waals surface area contributed by atoms with Crippen LogP contribution in [0.15, 0.2) is 30.3 Å². The Hall–Kier alpha value is -1.43. The Kier molecular flexibility index (Phi) is 9.96. The number of rotatable bonds is 11. The normalized spacial score (nSPS) is 18.2. The number of nitrogens with one attached hydrogen (secondary N) is 1. The summed E-state index contributed by atoms with van der Waals surface area (Å²) in [5, 5.41) is 3.17. The zero-order valence-electron chi connectivity index (χ0n) is 18.2. The number of hydrogen-bond acceptors (Lipinski definition) is 4. The predicted octanol–water partition coefficient (Wildman–Crippen LogP) is 3.32. The number of nitrogens with zero attached hydrogens (tertiary/aromatic N) is 2. The summed E-state index contributed by atoms with van der Waals surface area (Å²) in [4.78, 5) is 17.4. The summed E-state index contributed by atoms with van der Waals surface area (Å²) in [6.45, 7) is 9.09. The number of carbonyl (C=O) groups is 1. The van der Waals surface area contributed by atoms with Crippen molar-refractivity contribution in [3.8, 4) is 0 Å². The minimum absolute atomic E-state index is 0.0452. The lowest BCUT2D eigenvalue weighted by atomic mass is 9.91. The molecular weight excluding hydrogens is 350 g/mol. The maximum Gasteiger partial charge on any atom is 0.237 e. The molecule has 0 spiro atoms. The van der Waals surface area contributed by atoms with Crippen LogP contribution in [0.5, 0.6) is 0 Å². The molecule has 0 saturated carbocycles. The molecule has 1 saturated heterocycles. The van der Waals surface area contributed by atoms with Crippen molar-refractivity contribution in [2.24, 2.45) is 5.92 Å². The van der Waals surface area contributed by atoms with Gasteiger partial charge in [-0.1, -0.05) is 30.3 Å². The van der Waals surface area contributed by atoms with E-state index in [1.165, 1.54) is 25.7 Å². The highest BCUT2D eigenvalue weighted by atomic mass is 16.5. The zero-order chi connectivity index (χ0) is 20.4. The van der Waals surface area contributed by atoms with Crippen LogP contribution in [0, 0.1) is 5.92 Å². The summed E-state index contributed by atoms with van der Waals surface area (Å²) >= 11 is 0. The van der Waals surface area contributed by atoms with Crippen LogP contribution in [0.2, 0.25) is 0 Å². The highest BCUT2D eigenvalue weighted by Gasteiger charge is 2.27. The van der Waals surface area contributed by atoms with Gasteiger partial charge in [-0.3, -0.25) is 9.69 Å². The Bertz CT molecular complexity index is 558. The highest BCUT2D eigenvalue weighted by Crippen LogP contribution is 2.23. The largest absolute Gasteiger partial charge is 0.383 e. The van der Waals surface area contributed by atoms with E-state index in [0.717, 1.165) is 44.3 Å². The molecular formula is C23H39N3O2. The second kappa shape index (κ2) is 12.2. The summed E-state index contributed by atoms with van der Waals surface area (Å²) in [6.07, 6.45) is 4.94. The van der Waals surface area contributed by atoms with Gasteiger partial charge >= 0.3 is 0 Å². The summed E-state index contributed by atoms with van der Waals surface area (Å²) in [5.74, 6) is 0.931. The number of methoxy groups -OCH3 is 1. The van der Waals surface area contributed by atoms with Crippen LogP contribution in [-0.2, 0) is 9.53 Å². The van der Waals surface area contributed by atoms with Crippen LogP contribution in [0.25, 0.3) is 0 Å². The van der Waals surface area contributed by atoms with E-state index < -0.39 is 0 Å². The van der Waals surface area contributed by atoms with Crippen LogP contribution >= 0.6 is 0 Å². The van der Waals surface area contributed by atoms with Gasteiger partial charge in [0, 0.05) is 13.7 Å². The maximum atomic E-state index is 12.7. The van der Waals surface area contributed by atoms with Gasteiger partial charge in [0.15, 0.2) is 0 Å². The van der Waals surface area contributed by atoms with E-state index in [9.17, 15) is 4.79 Å². The van der Waals surface area contributed by atoms with Gasteiger partial charge in [-0.15, -0.1) is 0 Å². The molecule has 5 nitrogen and oxygen atoms in total. The first-order valence-corrected chi connectivity index (χ1v) is 10.8. The van der Waals surface area contributed by atoms with Crippen molar-refractivity contribution in [3.05, 3.63) is 35.9 Å². The highest BCUT2D eigenvalue weighted by molar-refractivity contribution is 5.81. The van der Waals surface area contributed by atoms with Crippen molar-refractivity contribution in [1.82, 2.24) is 15.1 Å². The summed E-state index contributed by atoms with van der Waals surface area (Å²) in [7, 11) is 3.92. The average Bonchev–Trinajstić information content (AvgIpc) is 2.72. The Balaban J connectivity index is 1.67. The quantitative estimate of drug-likeness (QED) is 0.631. The van der Waals surface area contributed by atoms with Crippen molar-refractivity contribution in [2.45, 2.75) is 51.6 Å². The molecule has 0 bridgehead atoms. The third kappa shape index (κ3) is 7.53. The number of benzene rings is 1. The van der Waals surface area contributed by atoms with Crippen molar-refractivity contribution in [2.75, 3.05) is 46.9 Å². The number of piperidine rings is 1. The van der Waals surface area contributed by atoms with E-state index in [-0.39, 0.29) is 18.0 Å². The van der Waals surface area contributed by atoms with Crippen LogP contribution in [0.4, 0.5) is 0 Å². The van der Waals surface area contributed by atoms with E-state index in [0.29, 0.717) is 0 Å². The smallest absolute Gasteiger partial charge is 0.237 e. The van der Waals surface area contributed by atoms with Crippen molar-refractivity contribution >= 4 is 5.91 Å². The second-order valence-corrected chi connectivity index (χ2v) is 8.23. The third-order valence-corrected chi connectivity index (χ3v) is 6.06. The van der Waals surface area contributed by atoms with Crippen molar-refractivity contribution < 1.29 is 9.53 Å². The topological polar surface area (TPSA) is 44.8 Å². The first kappa shape index (κ1) is 22.9. The van der Waals surface area contributed by atoms with Gasteiger partial charge in [-0.2, -0.15) is 0 Å². The lowest BCUT2D eigenvalue weighted by Gasteiger charge is -2.36. The fraction of sp³-hybridized carbons (Fsp3) is 0.696. The van der Waals surface area contributed by atoms with E-state index in [1.54, 1.807) is 7.11 Å². The van der Waals surface area contributed by atoms with Crippen LogP contribution in [0.1, 0.15) is 51.1 Å². The number of carbonyl (C=O) groups excluding carboxylic acids is 1. The zero-order valence-corrected chi connectivity index (χ0v) is 18.2. The molecule has 28 heavy (non-hydrogen) atoms. The fourth-order valence-electron chi connectivity index (χ4n) is 3.96. The molecule has 1 aromatic rings. The van der Waals surface area contributed by atoms with Crippen LogP contribution in [0.3, 0.4) is 0 Å². The molecule has 158 valence electrons. The van der Waals surface area contributed by atoms with E-state index in [4.69, 9.17) is 4.74 Å². The molecule has 2 atom stereocenters. The van der Waals surface area contributed by atoms with Crippen molar-refractivity contribution in [1.29, 1.82) is 0 Å². The lowest BCUT2D eigenvalue weighted by Crippen LogP contribution is -2.48. The molecule has 1 aliphatic heterocycles. The molecule has 0 aliphatic carbocycles. The first-order valence-electron chi connectivity index (χ1n) is 10.8. The molecule has 0 radical (unpaired) electrons. The standard InChI is InChI=1S/C23H39N3O2/c1-19(22-10-6-5-7-11-22)24-23(27)20(2)26-15-12-21(13-16-26)9-8-14-25(3)17-18-28-4/h5-7,10-11,19-21H,8-9,12-18H2,1-4H3,(H,24,27)/t19-,20+/m0/s1. The number of likely N-dealkylation sites (N-methyl/N-ethyl adjacent to an activating group) is 1. The second-order valence-electron chi connectivity index (χ2n) is 8.23. The summed E-state index contributed by atoms with van der Waals surface area (Å²) in [6, 6.07) is 10.1. The molecule has 1 aliphatic rings. The van der Waals surface area contributed by atoms with Gasteiger partial charge < -0.3 is 15.0 Å². The first-order chi connectivity index (χ1) is 13.5. The predicted molar refractivity (Wildman–Crippen MR) is 115 cm³/mol. The van der Waals surface area contributed by atoms with Gasteiger partial charge in [0.05, 0.1) is 18.7 Å². The summed E-state index contributed by atoms with van der Waals surface area (Å²) in [5.41, 5.74) is 1.15. The molecule has 1 heterocycles. The van der Waals surface area contributed by atoms with Crippen molar-refractivity contribution in [3.63, 3.8) is 0 Å². The van der Waals surface area contributed by atoms with Gasteiger partial charge in [0.1, 0.15) is 0 Å². The molecule has 1 N–H and O–H groups in total. The SMILES string of the molecule is COCCN(C)CCCC1CCN([C@H](C)C(=O)N[C@@H](C)c2ccccc2)CC1. The van der Waals surface area contributed by atoms with Gasteiger partial charge in [-0.05, 0) is 77.7 Å². The number of ether oxygens (including phenoxy) is 1. The van der Waals surface area contributed by atoms with E-state index >= 15 is 0 Å². The van der Waals surface area contributed by atoms with Gasteiger partial charge in [-0.25, -0.2) is 0 Å². The molecule has 2 rings (SSSR count). The van der Waals surface area contributed by atoms with Crippen LogP contribution < -0.4 is 5.32 Å². The third-order valence-electron chi connectivity index (χ3n) is 6.06. The number of amides is 1. The maximum absolute atomic E-state index is 12.7. The van der Waals surface area contributed by atoms with Gasteiger partial charge in [0.25, 0.3) is 0 Å². The summed E-state index contributed by atoms with van der Waals surface area (Å²) < 4.78 is 5.13. The van der Waals surface area contributed by atoms with E-state index in [1.807, 2.05) is 25.1 Å². The van der Waals surface area contributed by atoms with Crippen LogP contribution in [-0.4, -0.2) is 68.7 Å². The Morgan fingerprint density at radius 2 is 1.89 bits per heavy atom. The number of likely N-dealkylation sites (tertiary alicyclic amines) is 1. The Labute approximate surface area is 171 Å². The van der Waals surface area contributed by atoms with Gasteiger partial charge in [0.2, 0.25) is 5.91 Å². The van der Waals surface area contributed by atoms with E-state index in [2.05, 4.69) is 41.2 Å². The minimum Gasteiger partial charge on any atom is -0.383 e. The Morgan fingerprint density at radius 3 is 2.54 bits per heavy atom. The molecule has 1 aromatic carbocycles. The molecule has 0 unspecified atom stereocenters. The molecule has 1 amide bonds. The lowest BCUT2D eigenvalue weighted by molar-refractivity contribution is -0.127. The molecule has 5 heteroatoms. The molecule has 1 fully saturated rings. The average molecular weight is 390 g/mol. The fourth-order valence-corrected chi connectivity index (χ4v) is 3.96. The monoisotopic (exact) mass is 389 g/mol. The Morgan fingerprint density at radius 1 is 1.21 bits per heavy atom.